The van der Waals surface area contributed by atoms with Crippen molar-refractivity contribution in [2.75, 3.05) is 11.4 Å². The number of hydrogen-bond donors (Lipinski definition) is 0. The maximum absolute atomic E-state index is 13.3. The number of benzene rings is 1. The number of rotatable bonds is 2. The zero-order chi connectivity index (χ0) is 15.0. The molecule has 3 rings (SSSR count). The minimum Gasteiger partial charge on any atom is -0.368 e. The Morgan fingerprint density at radius 1 is 1.14 bits per heavy atom. The summed E-state index contributed by atoms with van der Waals surface area (Å²) in [6.07, 6.45) is 1.28. The minimum atomic E-state index is -4.43. The average Bonchev–Trinajstić information content (AvgIpc) is 2.94. The number of aldehydes is 1. The Kier molecular flexibility index (Phi) is 3.68. The van der Waals surface area contributed by atoms with Crippen molar-refractivity contribution in [2.24, 2.45) is 5.92 Å². The van der Waals surface area contributed by atoms with Gasteiger partial charge in [0, 0.05) is 23.8 Å². The second-order valence-corrected chi connectivity index (χ2v) is 5.99. The van der Waals surface area contributed by atoms with E-state index in [0.717, 1.165) is 38.2 Å². The molecule has 1 aliphatic heterocycles. The van der Waals surface area contributed by atoms with Crippen molar-refractivity contribution in [3.05, 3.63) is 29.3 Å². The van der Waals surface area contributed by atoms with Gasteiger partial charge in [-0.25, -0.2) is 0 Å². The number of fused-ring (bicyclic) bond motifs is 1. The summed E-state index contributed by atoms with van der Waals surface area (Å²) in [6, 6.07) is 4.14. The van der Waals surface area contributed by atoms with Crippen LogP contribution in [0.15, 0.2) is 18.2 Å². The fraction of sp³-hybridized carbons (Fsp3) is 0.562. The van der Waals surface area contributed by atoms with Crippen LogP contribution < -0.4 is 4.90 Å². The molecule has 0 bridgehead atoms. The summed E-state index contributed by atoms with van der Waals surface area (Å²) in [7, 11) is 0. The Balaban J connectivity index is 2.02. The standard InChI is InChI=1S/C16H18F3NO/c17-16(18,19)13-9-11(10-21)6-7-15(13)20-8-2-4-12-3-1-5-14(12)20/h6-7,9-10,12,14H,1-5,8H2. The molecule has 2 atom stereocenters. The zero-order valence-electron chi connectivity index (χ0n) is 11.7. The summed E-state index contributed by atoms with van der Waals surface area (Å²) >= 11 is 0. The lowest BCUT2D eigenvalue weighted by Crippen LogP contribution is -2.43. The molecule has 1 aromatic carbocycles. The van der Waals surface area contributed by atoms with Crippen molar-refractivity contribution >= 4 is 12.0 Å². The first-order chi connectivity index (χ1) is 10.0. The van der Waals surface area contributed by atoms with Crippen molar-refractivity contribution in [3.63, 3.8) is 0 Å². The molecule has 5 heteroatoms. The molecule has 1 heterocycles. The summed E-state index contributed by atoms with van der Waals surface area (Å²) in [5, 5.41) is 0. The fourth-order valence-corrected chi connectivity index (χ4v) is 3.86. The number of halogens is 3. The SMILES string of the molecule is O=Cc1ccc(N2CCCC3CCCC32)c(C(F)(F)F)c1. The van der Waals surface area contributed by atoms with Crippen LogP contribution in [0, 0.1) is 5.92 Å². The number of alkyl halides is 3. The highest BCUT2D eigenvalue weighted by molar-refractivity contribution is 5.77. The van der Waals surface area contributed by atoms with Crippen molar-refractivity contribution in [1.82, 2.24) is 0 Å². The normalized spacial score (nSPS) is 25.8. The third kappa shape index (κ3) is 2.65. The molecule has 0 aromatic heterocycles. The van der Waals surface area contributed by atoms with Gasteiger partial charge in [0.2, 0.25) is 0 Å². The Morgan fingerprint density at radius 2 is 1.90 bits per heavy atom. The summed E-state index contributed by atoms with van der Waals surface area (Å²) in [6.45, 7) is 0.671. The third-order valence-electron chi connectivity index (χ3n) is 4.76. The zero-order valence-corrected chi connectivity index (χ0v) is 11.7. The highest BCUT2D eigenvalue weighted by atomic mass is 19.4. The molecule has 0 N–H and O–H groups in total. The van der Waals surface area contributed by atoms with Gasteiger partial charge in [-0.1, -0.05) is 6.42 Å². The van der Waals surface area contributed by atoms with Crippen molar-refractivity contribution in [3.8, 4) is 0 Å². The van der Waals surface area contributed by atoms with Crippen LogP contribution in [-0.2, 0) is 6.18 Å². The van der Waals surface area contributed by atoms with Gasteiger partial charge in [0.1, 0.15) is 6.29 Å². The van der Waals surface area contributed by atoms with E-state index in [1.807, 2.05) is 4.90 Å². The van der Waals surface area contributed by atoms with Gasteiger partial charge in [-0.05, 0) is 49.8 Å². The van der Waals surface area contributed by atoms with Gasteiger partial charge < -0.3 is 4.90 Å². The van der Waals surface area contributed by atoms with E-state index in [-0.39, 0.29) is 17.3 Å². The van der Waals surface area contributed by atoms with E-state index in [2.05, 4.69) is 0 Å². The number of carbonyl (C=O) groups is 1. The Morgan fingerprint density at radius 3 is 2.62 bits per heavy atom. The molecule has 0 spiro atoms. The van der Waals surface area contributed by atoms with E-state index in [1.54, 1.807) is 0 Å². The van der Waals surface area contributed by atoms with E-state index < -0.39 is 11.7 Å². The first kappa shape index (κ1) is 14.4. The maximum Gasteiger partial charge on any atom is 0.418 e. The fourth-order valence-electron chi connectivity index (χ4n) is 3.86. The first-order valence-electron chi connectivity index (χ1n) is 7.44. The van der Waals surface area contributed by atoms with Crippen molar-refractivity contribution in [2.45, 2.75) is 44.3 Å². The van der Waals surface area contributed by atoms with Crippen LogP contribution in [0.25, 0.3) is 0 Å². The van der Waals surface area contributed by atoms with Crippen LogP contribution in [0.2, 0.25) is 0 Å². The lowest BCUT2D eigenvalue weighted by Gasteiger charge is -2.40. The van der Waals surface area contributed by atoms with Crippen LogP contribution in [0.4, 0.5) is 18.9 Å². The van der Waals surface area contributed by atoms with E-state index in [4.69, 9.17) is 0 Å². The van der Waals surface area contributed by atoms with Gasteiger partial charge in [-0.3, -0.25) is 4.79 Å². The molecule has 0 amide bonds. The van der Waals surface area contributed by atoms with Gasteiger partial charge in [0.25, 0.3) is 0 Å². The summed E-state index contributed by atoms with van der Waals surface area (Å²) in [4.78, 5) is 12.7. The lowest BCUT2D eigenvalue weighted by atomic mass is 9.90. The van der Waals surface area contributed by atoms with Crippen molar-refractivity contribution in [1.29, 1.82) is 0 Å². The molecule has 1 saturated heterocycles. The Bertz CT molecular complexity index is 541. The van der Waals surface area contributed by atoms with Gasteiger partial charge >= 0.3 is 6.18 Å². The lowest BCUT2D eigenvalue weighted by molar-refractivity contribution is -0.137. The highest BCUT2D eigenvalue weighted by Gasteiger charge is 2.40. The number of anilines is 1. The Hall–Kier alpha value is -1.52. The molecule has 114 valence electrons. The monoisotopic (exact) mass is 297 g/mol. The predicted octanol–water partition coefficient (Wildman–Crippen LogP) is 4.29. The molecule has 2 aliphatic rings. The minimum absolute atomic E-state index is 0.0751. The molecular formula is C16H18F3NO. The summed E-state index contributed by atoms with van der Waals surface area (Å²) in [5.74, 6) is 0.519. The molecular weight excluding hydrogens is 279 g/mol. The second-order valence-electron chi connectivity index (χ2n) is 5.99. The smallest absolute Gasteiger partial charge is 0.368 e. The predicted molar refractivity (Wildman–Crippen MR) is 74.5 cm³/mol. The van der Waals surface area contributed by atoms with E-state index in [1.165, 1.54) is 12.1 Å². The van der Waals surface area contributed by atoms with Gasteiger partial charge in [0.05, 0.1) is 5.56 Å². The van der Waals surface area contributed by atoms with Crippen LogP contribution in [0.5, 0.6) is 0 Å². The highest BCUT2D eigenvalue weighted by Crippen LogP contribution is 2.43. The van der Waals surface area contributed by atoms with E-state index in [0.29, 0.717) is 18.7 Å². The van der Waals surface area contributed by atoms with Crippen molar-refractivity contribution < 1.29 is 18.0 Å². The largest absolute Gasteiger partial charge is 0.418 e. The number of carbonyl (C=O) groups excluding carboxylic acids is 1. The second kappa shape index (κ2) is 5.35. The van der Waals surface area contributed by atoms with Gasteiger partial charge in [-0.15, -0.1) is 0 Å². The first-order valence-corrected chi connectivity index (χ1v) is 7.44. The van der Waals surface area contributed by atoms with E-state index >= 15 is 0 Å². The van der Waals surface area contributed by atoms with Gasteiger partial charge in [-0.2, -0.15) is 13.2 Å². The number of nitrogens with zero attached hydrogens (tertiary/aromatic N) is 1. The Labute approximate surface area is 121 Å². The molecule has 2 unspecified atom stereocenters. The van der Waals surface area contributed by atoms with Crippen LogP contribution >= 0.6 is 0 Å². The topological polar surface area (TPSA) is 20.3 Å². The summed E-state index contributed by atoms with van der Waals surface area (Å²) in [5.41, 5.74) is -0.365. The van der Waals surface area contributed by atoms with Crippen LogP contribution in [0.3, 0.4) is 0 Å². The molecule has 1 saturated carbocycles. The molecule has 2 nitrogen and oxygen atoms in total. The molecule has 1 aromatic rings. The average molecular weight is 297 g/mol. The van der Waals surface area contributed by atoms with Crippen LogP contribution in [-0.4, -0.2) is 18.9 Å². The number of piperidine rings is 1. The molecule has 1 aliphatic carbocycles. The molecule has 0 radical (unpaired) electrons. The van der Waals surface area contributed by atoms with Crippen LogP contribution in [0.1, 0.15) is 48.0 Å². The quantitative estimate of drug-likeness (QED) is 0.759. The number of hydrogen-bond acceptors (Lipinski definition) is 2. The molecule has 2 fully saturated rings. The maximum atomic E-state index is 13.3. The van der Waals surface area contributed by atoms with Gasteiger partial charge in [0.15, 0.2) is 0 Å². The third-order valence-corrected chi connectivity index (χ3v) is 4.76. The van der Waals surface area contributed by atoms with E-state index in [9.17, 15) is 18.0 Å². The summed E-state index contributed by atoms with van der Waals surface area (Å²) < 4.78 is 40.0. The molecule has 21 heavy (non-hydrogen) atoms.